The van der Waals surface area contributed by atoms with Crippen LogP contribution in [0.4, 0.5) is 0 Å². The van der Waals surface area contributed by atoms with Gasteiger partial charge in [-0.3, -0.25) is 0 Å². The first-order chi connectivity index (χ1) is 10.3. The molecule has 1 aromatic carbocycles. The number of hydrogen-bond acceptors (Lipinski definition) is 2. The van der Waals surface area contributed by atoms with Crippen molar-refractivity contribution in [2.45, 2.75) is 31.8 Å². The Balaban J connectivity index is 2.52. The van der Waals surface area contributed by atoms with E-state index in [2.05, 4.69) is 27.6 Å². The largest absolute Gasteiger partial charge is 0.435 e. The minimum atomic E-state index is -0.577. The van der Waals surface area contributed by atoms with Crippen molar-refractivity contribution in [1.29, 1.82) is 0 Å². The van der Waals surface area contributed by atoms with Crippen molar-refractivity contribution in [3.05, 3.63) is 35.9 Å². The van der Waals surface area contributed by atoms with Crippen LogP contribution in [0.1, 0.15) is 37.4 Å². The number of hydrogen-bond donors (Lipinski definition) is 0. The summed E-state index contributed by atoms with van der Waals surface area (Å²) in [7, 11) is 0. The standard InChI is InChI=1S/C18H15IO2/c1-2-3-4-5-6-10-13-18(20)21-17(14-15-19)16-11-8-7-9-12-16/h1,7-9,11-12,17H,3-6H2. The lowest BCUT2D eigenvalue weighted by Gasteiger charge is -2.09. The van der Waals surface area contributed by atoms with Crippen molar-refractivity contribution >= 4 is 28.6 Å². The van der Waals surface area contributed by atoms with Gasteiger partial charge in [0.25, 0.3) is 0 Å². The summed E-state index contributed by atoms with van der Waals surface area (Å²) in [5, 5.41) is 0. The fourth-order valence-corrected chi connectivity index (χ4v) is 1.85. The lowest BCUT2D eigenvalue weighted by Crippen LogP contribution is -2.08. The summed E-state index contributed by atoms with van der Waals surface area (Å²) in [6, 6.07) is 9.39. The quantitative estimate of drug-likeness (QED) is 0.251. The first kappa shape index (κ1) is 17.2. The van der Waals surface area contributed by atoms with Gasteiger partial charge < -0.3 is 4.74 Å². The van der Waals surface area contributed by atoms with Crippen molar-refractivity contribution in [2.75, 3.05) is 0 Å². The predicted molar refractivity (Wildman–Crippen MR) is 92.1 cm³/mol. The van der Waals surface area contributed by atoms with Crippen molar-refractivity contribution in [3.8, 4) is 34.0 Å². The van der Waals surface area contributed by atoms with Crippen LogP contribution in [-0.2, 0) is 9.53 Å². The number of benzene rings is 1. The highest BCUT2D eigenvalue weighted by Gasteiger charge is 2.12. The highest BCUT2D eigenvalue weighted by Crippen LogP contribution is 2.16. The molecule has 0 aliphatic rings. The first-order valence-electron chi connectivity index (χ1n) is 6.57. The molecule has 106 valence electrons. The third kappa shape index (κ3) is 7.45. The Kier molecular flexibility index (Phi) is 8.85. The van der Waals surface area contributed by atoms with Crippen LogP contribution >= 0.6 is 22.6 Å². The zero-order valence-electron chi connectivity index (χ0n) is 11.6. The molecule has 0 N–H and O–H groups in total. The van der Waals surface area contributed by atoms with E-state index in [1.807, 2.05) is 52.9 Å². The van der Waals surface area contributed by atoms with E-state index >= 15 is 0 Å². The van der Waals surface area contributed by atoms with Crippen LogP contribution in [0, 0.1) is 34.0 Å². The van der Waals surface area contributed by atoms with Gasteiger partial charge in [0.05, 0.1) is 0 Å². The molecule has 0 aromatic heterocycles. The van der Waals surface area contributed by atoms with Gasteiger partial charge in [-0.15, -0.1) is 12.3 Å². The molecule has 0 aliphatic carbocycles. The Hall–Kier alpha value is -1.90. The third-order valence-electron chi connectivity index (χ3n) is 2.58. The number of carbonyl (C=O) groups excluding carboxylic acids is 1. The molecule has 1 aromatic rings. The van der Waals surface area contributed by atoms with Crippen molar-refractivity contribution < 1.29 is 9.53 Å². The van der Waals surface area contributed by atoms with Crippen molar-refractivity contribution in [3.63, 3.8) is 0 Å². The molecule has 0 saturated carbocycles. The Bertz CT molecular complexity index is 606. The number of ether oxygens (including phenoxy) is 1. The average molecular weight is 390 g/mol. The van der Waals surface area contributed by atoms with E-state index in [1.165, 1.54) is 0 Å². The Morgan fingerprint density at radius 1 is 1.24 bits per heavy atom. The van der Waals surface area contributed by atoms with Crippen LogP contribution in [0.5, 0.6) is 0 Å². The molecule has 0 bridgehead atoms. The van der Waals surface area contributed by atoms with E-state index in [0.29, 0.717) is 6.42 Å². The minimum Gasteiger partial charge on any atom is -0.435 e. The maximum atomic E-state index is 11.7. The van der Waals surface area contributed by atoms with Crippen molar-refractivity contribution in [2.24, 2.45) is 0 Å². The van der Waals surface area contributed by atoms with E-state index in [4.69, 9.17) is 11.2 Å². The van der Waals surface area contributed by atoms with E-state index in [9.17, 15) is 4.79 Å². The number of esters is 1. The van der Waals surface area contributed by atoms with Gasteiger partial charge in [-0.05, 0) is 22.7 Å². The van der Waals surface area contributed by atoms with Crippen molar-refractivity contribution in [1.82, 2.24) is 0 Å². The molecule has 3 heteroatoms. The minimum absolute atomic E-state index is 0.556. The zero-order chi connectivity index (χ0) is 15.3. The van der Waals surface area contributed by atoms with Crippen LogP contribution in [0.2, 0.25) is 0 Å². The molecular formula is C18H15IO2. The molecule has 0 spiro atoms. The molecule has 0 fully saturated rings. The number of rotatable bonds is 5. The maximum absolute atomic E-state index is 11.7. The molecule has 0 aliphatic heterocycles. The van der Waals surface area contributed by atoms with E-state index in [-0.39, 0.29) is 0 Å². The smallest absolute Gasteiger partial charge is 0.385 e. The molecule has 0 radical (unpaired) electrons. The summed E-state index contributed by atoms with van der Waals surface area (Å²) in [5.74, 6) is 10.2. The second kappa shape index (κ2) is 10.8. The van der Waals surface area contributed by atoms with Crippen LogP contribution in [-0.4, -0.2) is 5.97 Å². The van der Waals surface area contributed by atoms with Crippen LogP contribution in [0.3, 0.4) is 0 Å². The fraction of sp³-hybridized carbons (Fsp3) is 0.278. The molecule has 1 rings (SSSR count). The van der Waals surface area contributed by atoms with E-state index in [0.717, 1.165) is 24.8 Å². The molecule has 1 atom stereocenters. The van der Waals surface area contributed by atoms with Crippen LogP contribution in [0.25, 0.3) is 0 Å². The second-order valence-corrected chi connectivity index (χ2v) is 4.69. The topological polar surface area (TPSA) is 26.3 Å². The number of carbonyl (C=O) groups is 1. The van der Waals surface area contributed by atoms with Gasteiger partial charge >= 0.3 is 5.97 Å². The molecule has 21 heavy (non-hydrogen) atoms. The number of halogens is 1. The van der Waals surface area contributed by atoms with Gasteiger partial charge in [-0.25, -0.2) is 4.79 Å². The summed E-state index contributed by atoms with van der Waals surface area (Å²) in [4.78, 5) is 11.7. The molecule has 0 amide bonds. The zero-order valence-corrected chi connectivity index (χ0v) is 13.7. The normalized spacial score (nSPS) is 10.1. The van der Waals surface area contributed by atoms with Crippen LogP contribution < -0.4 is 0 Å². The van der Waals surface area contributed by atoms with E-state index < -0.39 is 12.1 Å². The third-order valence-corrected chi connectivity index (χ3v) is 2.89. The summed E-state index contributed by atoms with van der Waals surface area (Å²) >= 11 is 1.92. The SMILES string of the molecule is C#CCCCCC#CC(=O)OC(C#CI)c1ccccc1. The van der Waals surface area contributed by atoms with Gasteiger partial charge in [0.15, 0.2) is 6.10 Å². The van der Waals surface area contributed by atoms with Gasteiger partial charge in [-0.1, -0.05) is 36.3 Å². The molecular weight excluding hydrogens is 375 g/mol. The molecule has 0 saturated heterocycles. The first-order valence-corrected chi connectivity index (χ1v) is 7.65. The highest BCUT2D eigenvalue weighted by molar-refractivity contribution is 14.1. The number of terminal acetylenes is 1. The lowest BCUT2D eigenvalue weighted by molar-refractivity contribution is -0.139. The van der Waals surface area contributed by atoms with Gasteiger partial charge in [0.1, 0.15) is 0 Å². The lowest BCUT2D eigenvalue weighted by atomic mass is 10.1. The maximum Gasteiger partial charge on any atom is 0.385 e. The second-order valence-electron chi connectivity index (χ2n) is 4.15. The molecule has 2 nitrogen and oxygen atoms in total. The Labute approximate surface area is 139 Å². The highest BCUT2D eigenvalue weighted by atomic mass is 127. The van der Waals surface area contributed by atoms with Gasteiger partial charge in [0, 0.05) is 46.9 Å². The Morgan fingerprint density at radius 3 is 2.62 bits per heavy atom. The van der Waals surface area contributed by atoms with Crippen LogP contribution in [0.15, 0.2) is 30.3 Å². The predicted octanol–water partition coefficient (Wildman–Crippen LogP) is 3.86. The summed E-state index contributed by atoms with van der Waals surface area (Å²) < 4.78 is 8.02. The van der Waals surface area contributed by atoms with Gasteiger partial charge in [-0.2, -0.15) is 0 Å². The summed E-state index contributed by atoms with van der Waals surface area (Å²) in [6.07, 6.45) is 7.78. The Morgan fingerprint density at radius 2 is 1.95 bits per heavy atom. The fourth-order valence-electron chi connectivity index (χ4n) is 1.57. The molecule has 0 heterocycles. The molecule has 1 unspecified atom stereocenters. The van der Waals surface area contributed by atoms with Gasteiger partial charge in [0.2, 0.25) is 0 Å². The monoisotopic (exact) mass is 390 g/mol. The summed E-state index contributed by atoms with van der Waals surface area (Å²) in [6.45, 7) is 0. The summed E-state index contributed by atoms with van der Waals surface area (Å²) in [5.41, 5.74) is 0.839. The van der Waals surface area contributed by atoms with E-state index in [1.54, 1.807) is 0 Å². The number of unbranched alkanes of at least 4 members (excludes halogenated alkanes) is 3. The average Bonchev–Trinajstić information content (AvgIpc) is 2.51.